The van der Waals surface area contributed by atoms with E-state index in [1.807, 2.05) is 54.6 Å². The molecule has 1 aliphatic rings. The van der Waals surface area contributed by atoms with E-state index in [0.717, 1.165) is 21.3 Å². The van der Waals surface area contributed by atoms with E-state index in [0.29, 0.717) is 17.0 Å². The molecule has 2 heterocycles. The van der Waals surface area contributed by atoms with E-state index in [2.05, 4.69) is 36.8 Å². The summed E-state index contributed by atoms with van der Waals surface area (Å²) in [7, 11) is 0. The van der Waals surface area contributed by atoms with Crippen LogP contribution in [0.3, 0.4) is 0 Å². The summed E-state index contributed by atoms with van der Waals surface area (Å²) in [5.74, 6) is -0.202. The average Bonchev–Trinajstić information content (AvgIpc) is 3.23. The van der Waals surface area contributed by atoms with Gasteiger partial charge in [0.05, 0.1) is 17.0 Å². The van der Waals surface area contributed by atoms with Crippen LogP contribution in [-0.4, -0.2) is 16.1 Å². The largest absolute Gasteiger partial charge is 0.351 e. The second-order valence-electron chi connectivity index (χ2n) is 5.64. The Morgan fingerprint density at radius 3 is 2.77 bits per heavy atom. The Balaban J connectivity index is 1.94. The zero-order valence-electron chi connectivity index (χ0n) is 13.4. The number of rotatable bonds is 3. The van der Waals surface area contributed by atoms with Crippen molar-refractivity contribution in [2.24, 2.45) is 0 Å². The molecule has 0 atom stereocenters. The van der Waals surface area contributed by atoms with Crippen molar-refractivity contribution in [2.75, 3.05) is 10.6 Å². The van der Waals surface area contributed by atoms with Gasteiger partial charge in [-0.25, -0.2) is 0 Å². The van der Waals surface area contributed by atoms with Gasteiger partial charge in [-0.15, -0.1) is 0 Å². The molecule has 0 fully saturated rings. The number of carbonyl (C=O) groups excluding carboxylic acids is 1. The number of hydrogen-bond acceptors (Lipinski definition) is 4. The molecule has 4 rings (SSSR count). The van der Waals surface area contributed by atoms with E-state index in [9.17, 15) is 10.1 Å². The molecule has 0 aliphatic carbocycles. The van der Waals surface area contributed by atoms with Crippen LogP contribution in [0.2, 0.25) is 0 Å². The SMILES string of the molecule is N#Cc1n[nH]cc1N/C(=C1\C(=O)Nc2ccc(Br)cc21)c1ccccc1. The molecule has 6 nitrogen and oxygen atoms in total. The van der Waals surface area contributed by atoms with Gasteiger partial charge in [0.15, 0.2) is 5.69 Å². The lowest BCUT2D eigenvalue weighted by atomic mass is 10.00. The molecule has 0 saturated carbocycles. The van der Waals surface area contributed by atoms with E-state index in [1.54, 1.807) is 6.20 Å². The summed E-state index contributed by atoms with van der Waals surface area (Å²) in [6.45, 7) is 0. The highest BCUT2D eigenvalue weighted by molar-refractivity contribution is 9.10. The first kappa shape index (κ1) is 16.1. The molecule has 0 bridgehead atoms. The van der Waals surface area contributed by atoms with Crippen molar-refractivity contribution in [3.05, 3.63) is 76.0 Å². The number of aromatic nitrogens is 2. The summed E-state index contributed by atoms with van der Waals surface area (Å²) in [6.07, 6.45) is 1.59. The average molecular weight is 406 g/mol. The molecule has 3 N–H and O–H groups in total. The molecule has 26 heavy (non-hydrogen) atoms. The molecule has 0 spiro atoms. The van der Waals surface area contributed by atoms with Gasteiger partial charge in [-0.3, -0.25) is 9.89 Å². The van der Waals surface area contributed by atoms with Crippen LogP contribution < -0.4 is 10.6 Å². The van der Waals surface area contributed by atoms with Crippen molar-refractivity contribution in [3.8, 4) is 6.07 Å². The number of anilines is 2. The van der Waals surface area contributed by atoms with Gasteiger partial charge in [-0.1, -0.05) is 46.3 Å². The van der Waals surface area contributed by atoms with Gasteiger partial charge in [0, 0.05) is 21.9 Å². The van der Waals surface area contributed by atoms with Gasteiger partial charge < -0.3 is 10.6 Å². The number of fused-ring (bicyclic) bond motifs is 1. The molecule has 2 aromatic carbocycles. The number of hydrogen-bond donors (Lipinski definition) is 3. The van der Waals surface area contributed by atoms with E-state index in [4.69, 9.17) is 0 Å². The second kappa shape index (κ2) is 6.50. The number of aromatic amines is 1. The molecule has 1 aromatic heterocycles. The van der Waals surface area contributed by atoms with Crippen LogP contribution in [-0.2, 0) is 4.79 Å². The molecular formula is C19H12BrN5O. The number of halogens is 1. The highest BCUT2D eigenvalue weighted by Gasteiger charge is 2.29. The van der Waals surface area contributed by atoms with E-state index >= 15 is 0 Å². The molecule has 1 aliphatic heterocycles. The van der Waals surface area contributed by atoms with E-state index in [1.165, 1.54) is 0 Å². The lowest BCUT2D eigenvalue weighted by molar-refractivity contribution is -0.110. The van der Waals surface area contributed by atoms with Crippen molar-refractivity contribution in [3.63, 3.8) is 0 Å². The summed E-state index contributed by atoms with van der Waals surface area (Å²) in [4.78, 5) is 12.7. The van der Waals surface area contributed by atoms with Gasteiger partial charge in [0.2, 0.25) is 0 Å². The Kier molecular flexibility index (Phi) is 4.03. The van der Waals surface area contributed by atoms with Crippen LogP contribution in [0.25, 0.3) is 11.3 Å². The smallest absolute Gasteiger partial charge is 0.258 e. The van der Waals surface area contributed by atoms with Crippen LogP contribution in [0.1, 0.15) is 16.8 Å². The van der Waals surface area contributed by atoms with Crippen LogP contribution >= 0.6 is 15.9 Å². The first-order chi connectivity index (χ1) is 12.7. The predicted octanol–water partition coefficient (Wildman–Crippen LogP) is 3.98. The lowest BCUT2D eigenvalue weighted by Crippen LogP contribution is -2.10. The predicted molar refractivity (Wildman–Crippen MR) is 103 cm³/mol. The minimum Gasteiger partial charge on any atom is -0.351 e. The van der Waals surface area contributed by atoms with Gasteiger partial charge >= 0.3 is 0 Å². The van der Waals surface area contributed by atoms with Crippen LogP contribution in [0.5, 0.6) is 0 Å². The van der Waals surface area contributed by atoms with Crippen molar-refractivity contribution < 1.29 is 4.79 Å². The summed E-state index contributed by atoms with van der Waals surface area (Å²) in [6, 6.07) is 17.2. The number of H-pyrrole nitrogens is 1. The minimum atomic E-state index is -0.202. The summed E-state index contributed by atoms with van der Waals surface area (Å²) >= 11 is 3.46. The quantitative estimate of drug-likeness (QED) is 0.574. The summed E-state index contributed by atoms with van der Waals surface area (Å²) < 4.78 is 0.874. The third-order valence-electron chi connectivity index (χ3n) is 4.04. The molecule has 7 heteroatoms. The van der Waals surface area contributed by atoms with Gasteiger partial charge in [0.25, 0.3) is 5.91 Å². The molecule has 0 saturated heterocycles. The Bertz CT molecular complexity index is 1080. The second-order valence-corrected chi connectivity index (χ2v) is 6.56. The van der Waals surface area contributed by atoms with E-state index < -0.39 is 0 Å². The minimum absolute atomic E-state index is 0.202. The monoisotopic (exact) mass is 405 g/mol. The summed E-state index contributed by atoms with van der Waals surface area (Å²) in [5.41, 5.74) is 4.22. The third kappa shape index (κ3) is 2.76. The molecule has 0 radical (unpaired) electrons. The fourth-order valence-electron chi connectivity index (χ4n) is 2.88. The van der Waals surface area contributed by atoms with Crippen molar-refractivity contribution in [2.45, 2.75) is 0 Å². The topological polar surface area (TPSA) is 93.6 Å². The maximum atomic E-state index is 12.7. The number of nitriles is 1. The van der Waals surface area contributed by atoms with Crippen molar-refractivity contribution in [1.82, 2.24) is 10.2 Å². The number of nitrogens with one attached hydrogen (secondary N) is 3. The van der Waals surface area contributed by atoms with Crippen LogP contribution in [0, 0.1) is 11.3 Å². The number of benzene rings is 2. The lowest BCUT2D eigenvalue weighted by Gasteiger charge is -2.13. The molecule has 3 aromatic rings. The normalized spacial score (nSPS) is 14.4. The Hall–Kier alpha value is -3.37. The fraction of sp³-hybridized carbons (Fsp3) is 0. The number of amides is 1. The maximum Gasteiger partial charge on any atom is 0.258 e. The zero-order valence-corrected chi connectivity index (χ0v) is 15.0. The fourth-order valence-corrected chi connectivity index (χ4v) is 3.24. The Morgan fingerprint density at radius 1 is 1.19 bits per heavy atom. The van der Waals surface area contributed by atoms with Crippen LogP contribution in [0.15, 0.2) is 59.2 Å². The van der Waals surface area contributed by atoms with Gasteiger partial charge in [0.1, 0.15) is 6.07 Å². The molecule has 126 valence electrons. The highest BCUT2D eigenvalue weighted by Crippen LogP contribution is 2.38. The van der Waals surface area contributed by atoms with Gasteiger partial charge in [-0.2, -0.15) is 10.4 Å². The van der Waals surface area contributed by atoms with Gasteiger partial charge in [-0.05, 0) is 23.8 Å². The number of carbonyl (C=O) groups is 1. The Labute approximate surface area is 157 Å². The van der Waals surface area contributed by atoms with Crippen molar-refractivity contribution in [1.29, 1.82) is 5.26 Å². The molecule has 0 unspecified atom stereocenters. The van der Waals surface area contributed by atoms with E-state index in [-0.39, 0.29) is 11.6 Å². The Morgan fingerprint density at radius 2 is 2.00 bits per heavy atom. The molecule has 1 amide bonds. The van der Waals surface area contributed by atoms with Crippen LogP contribution in [0.4, 0.5) is 11.4 Å². The highest BCUT2D eigenvalue weighted by atomic mass is 79.9. The molecular weight excluding hydrogens is 394 g/mol. The first-order valence-electron chi connectivity index (χ1n) is 7.79. The standard InChI is InChI=1S/C19H12BrN5O/c20-12-6-7-14-13(8-12)17(19(26)24-14)18(11-4-2-1-3-5-11)23-16-10-22-25-15(16)9-21/h1-8,10,23H,(H,22,25)(H,24,26)/b18-17-. The van der Waals surface area contributed by atoms with Crippen molar-refractivity contribution >= 4 is 44.5 Å². The summed E-state index contributed by atoms with van der Waals surface area (Å²) in [5, 5.41) is 21.9. The third-order valence-corrected chi connectivity index (χ3v) is 4.54. The maximum absolute atomic E-state index is 12.7. The first-order valence-corrected chi connectivity index (χ1v) is 8.58. The zero-order chi connectivity index (χ0) is 18.1. The number of nitrogens with zero attached hydrogens (tertiary/aromatic N) is 2.